The fraction of sp³-hybridized carbons (Fsp3) is 0.556. The number of hydrogen-bond acceptors (Lipinski definition) is 2. The number of benzene rings is 1. The normalized spacial score (nSPS) is 17.0. The first-order valence-electron chi connectivity index (χ1n) is 8.35. The average molecular weight is 381 g/mol. The molecule has 0 spiro atoms. The van der Waals surface area contributed by atoms with Gasteiger partial charge in [0.05, 0.1) is 5.56 Å². The maximum Gasteiger partial charge on any atom is 0.416 e. The average Bonchev–Trinajstić information content (AvgIpc) is 2.54. The van der Waals surface area contributed by atoms with Crippen molar-refractivity contribution in [1.29, 1.82) is 0 Å². The van der Waals surface area contributed by atoms with Crippen molar-refractivity contribution in [2.75, 3.05) is 26.2 Å². The van der Waals surface area contributed by atoms with Gasteiger partial charge in [0.2, 0.25) is 0 Å². The molecular formula is C18H25ClF4N2. The summed E-state index contributed by atoms with van der Waals surface area (Å²) in [6.45, 7) is 6.78. The molecule has 1 heterocycles. The molecular weight excluding hydrogens is 356 g/mol. The molecule has 1 fully saturated rings. The predicted molar refractivity (Wildman–Crippen MR) is 94.5 cm³/mol. The lowest BCUT2D eigenvalue weighted by Gasteiger charge is -2.35. The minimum absolute atomic E-state index is 0. The lowest BCUT2D eigenvalue weighted by molar-refractivity contribution is -0.137. The fourth-order valence-electron chi connectivity index (χ4n) is 3.15. The lowest BCUT2D eigenvalue weighted by Crippen LogP contribution is -2.45. The quantitative estimate of drug-likeness (QED) is 0.408. The van der Waals surface area contributed by atoms with Crippen LogP contribution in [0, 0.1) is 5.82 Å². The minimum atomic E-state index is -4.53. The molecule has 0 aliphatic carbocycles. The molecule has 0 saturated carbocycles. The number of nitrogens with zero attached hydrogens (tertiary/aromatic N) is 1. The van der Waals surface area contributed by atoms with Crippen LogP contribution in [0.5, 0.6) is 0 Å². The van der Waals surface area contributed by atoms with Crippen LogP contribution < -0.4 is 5.32 Å². The third-order valence-corrected chi connectivity index (χ3v) is 4.36. The van der Waals surface area contributed by atoms with E-state index in [0.717, 1.165) is 51.5 Å². The van der Waals surface area contributed by atoms with Gasteiger partial charge in [0, 0.05) is 32.2 Å². The van der Waals surface area contributed by atoms with Gasteiger partial charge >= 0.3 is 6.18 Å². The molecule has 2 rings (SSSR count). The molecule has 2 nitrogen and oxygen atoms in total. The third kappa shape index (κ3) is 6.60. The van der Waals surface area contributed by atoms with E-state index in [1.807, 2.05) is 6.08 Å². The number of nitrogens with one attached hydrogen (secondary N) is 1. The number of halogens is 5. The molecule has 0 radical (unpaired) electrons. The summed E-state index contributed by atoms with van der Waals surface area (Å²) in [5.41, 5.74) is -0.494. The summed E-state index contributed by atoms with van der Waals surface area (Å²) in [5, 5.41) is 3.24. The van der Waals surface area contributed by atoms with E-state index in [9.17, 15) is 17.6 Å². The van der Waals surface area contributed by atoms with Crippen molar-refractivity contribution in [3.8, 4) is 0 Å². The van der Waals surface area contributed by atoms with E-state index in [0.29, 0.717) is 18.1 Å². The zero-order valence-corrected chi connectivity index (χ0v) is 14.9. The van der Waals surface area contributed by atoms with Crippen LogP contribution in [0.15, 0.2) is 30.9 Å². The van der Waals surface area contributed by atoms with Gasteiger partial charge in [-0.15, -0.1) is 19.0 Å². The summed E-state index contributed by atoms with van der Waals surface area (Å²) < 4.78 is 52.8. The molecule has 142 valence electrons. The Labute approximate surface area is 152 Å². The van der Waals surface area contributed by atoms with Crippen LogP contribution in [0.3, 0.4) is 0 Å². The third-order valence-electron chi connectivity index (χ3n) is 4.36. The van der Waals surface area contributed by atoms with Gasteiger partial charge in [-0.3, -0.25) is 4.90 Å². The molecule has 7 heteroatoms. The van der Waals surface area contributed by atoms with Crippen molar-refractivity contribution >= 4 is 12.4 Å². The standard InChI is InChI=1S/C18H24F4N2.ClH/c1-2-3-4-5-6-17(24-9-7-23-8-10-24)14-11-15(18(20,21)22)13-16(19)12-14;/h2,11-13,17,23H,1,3-10H2;1H/t17-;/m1./s1. The zero-order chi connectivity index (χ0) is 17.6. The van der Waals surface area contributed by atoms with Gasteiger partial charge in [0.25, 0.3) is 0 Å². The number of piperazine rings is 1. The molecule has 1 saturated heterocycles. The van der Waals surface area contributed by atoms with Crippen LogP contribution in [0.2, 0.25) is 0 Å². The Bertz CT molecular complexity index is 542. The number of hydrogen-bond donors (Lipinski definition) is 1. The van der Waals surface area contributed by atoms with E-state index in [4.69, 9.17) is 0 Å². The molecule has 1 N–H and O–H groups in total. The summed E-state index contributed by atoms with van der Waals surface area (Å²) in [6.07, 6.45) is 0.712. The van der Waals surface area contributed by atoms with Crippen molar-refractivity contribution in [1.82, 2.24) is 10.2 Å². The molecule has 1 atom stereocenters. The van der Waals surface area contributed by atoms with E-state index < -0.39 is 17.6 Å². The second-order valence-corrected chi connectivity index (χ2v) is 6.15. The Morgan fingerprint density at radius 3 is 2.44 bits per heavy atom. The second kappa shape index (κ2) is 10.1. The Morgan fingerprint density at radius 1 is 1.16 bits per heavy atom. The first kappa shape index (κ1) is 21.9. The molecule has 1 aromatic carbocycles. The van der Waals surface area contributed by atoms with Crippen LogP contribution in [0.25, 0.3) is 0 Å². The minimum Gasteiger partial charge on any atom is -0.314 e. The molecule has 1 aliphatic heterocycles. The number of unbranched alkanes of at least 4 members (excludes halogenated alkanes) is 2. The van der Waals surface area contributed by atoms with Crippen LogP contribution >= 0.6 is 12.4 Å². The highest BCUT2D eigenvalue weighted by Gasteiger charge is 2.33. The van der Waals surface area contributed by atoms with Gasteiger partial charge in [-0.05, 0) is 43.0 Å². The molecule has 25 heavy (non-hydrogen) atoms. The Kier molecular flexibility index (Phi) is 8.89. The largest absolute Gasteiger partial charge is 0.416 e. The molecule has 0 bridgehead atoms. The van der Waals surface area contributed by atoms with Gasteiger partial charge in [0.1, 0.15) is 5.82 Å². The van der Waals surface area contributed by atoms with Crippen LogP contribution in [0.4, 0.5) is 17.6 Å². The highest BCUT2D eigenvalue weighted by Crippen LogP contribution is 2.34. The lowest BCUT2D eigenvalue weighted by atomic mass is 9.96. The van der Waals surface area contributed by atoms with Crippen molar-refractivity contribution in [2.24, 2.45) is 0 Å². The highest BCUT2D eigenvalue weighted by atomic mass is 35.5. The summed E-state index contributed by atoms with van der Waals surface area (Å²) >= 11 is 0. The van der Waals surface area contributed by atoms with Gasteiger partial charge in [-0.2, -0.15) is 13.2 Å². The van der Waals surface area contributed by atoms with E-state index in [-0.39, 0.29) is 18.4 Å². The van der Waals surface area contributed by atoms with Crippen LogP contribution in [-0.2, 0) is 6.18 Å². The number of allylic oxidation sites excluding steroid dienone is 1. The second-order valence-electron chi connectivity index (χ2n) is 6.15. The maximum absolute atomic E-state index is 13.8. The topological polar surface area (TPSA) is 15.3 Å². The van der Waals surface area contributed by atoms with Crippen LogP contribution in [-0.4, -0.2) is 31.1 Å². The van der Waals surface area contributed by atoms with Gasteiger partial charge < -0.3 is 5.32 Å². The summed E-state index contributed by atoms with van der Waals surface area (Å²) in [5.74, 6) is -0.828. The van der Waals surface area contributed by atoms with Crippen molar-refractivity contribution in [2.45, 2.75) is 37.9 Å². The van der Waals surface area contributed by atoms with E-state index in [2.05, 4.69) is 16.8 Å². The smallest absolute Gasteiger partial charge is 0.314 e. The van der Waals surface area contributed by atoms with E-state index in [1.54, 1.807) is 0 Å². The first-order valence-corrected chi connectivity index (χ1v) is 8.35. The van der Waals surface area contributed by atoms with Crippen molar-refractivity contribution in [3.05, 3.63) is 47.8 Å². The van der Waals surface area contributed by atoms with Crippen molar-refractivity contribution < 1.29 is 17.6 Å². The van der Waals surface area contributed by atoms with Gasteiger partial charge in [-0.25, -0.2) is 4.39 Å². The Morgan fingerprint density at radius 2 is 1.84 bits per heavy atom. The molecule has 1 aliphatic rings. The summed E-state index contributed by atoms with van der Waals surface area (Å²) in [4.78, 5) is 2.15. The Balaban J connectivity index is 0.00000312. The SMILES string of the molecule is C=CCCCC[C@H](c1cc(F)cc(C(F)(F)F)c1)N1CCNCC1.Cl. The highest BCUT2D eigenvalue weighted by molar-refractivity contribution is 5.85. The predicted octanol–water partition coefficient (Wildman–Crippen LogP) is 4.96. The molecule has 0 aromatic heterocycles. The van der Waals surface area contributed by atoms with Crippen molar-refractivity contribution in [3.63, 3.8) is 0 Å². The molecule has 0 unspecified atom stereocenters. The first-order chi connectivity index (χ1) is 11.4. The number of alkyl halides is 3. The molecule has 0 amide bonds. The maximum atomic E-state index is 13.8. The number of rotatable bonds is 7. The van der Waals surface area contributed by atoms with E-state index >= 15 is 0 Å². The summed E-state index contributed by atoms with van der Waals surface area (Å²) in [7, 11) is 0. The Hall–Kier alpha value is -1.11. The van der Waals surface area contributed by atoms with E-state index in [1.165, 1.54) is 6.07 Å². The summed E-state index contributed by atoms with van der Waals surface area (Å²) in [6, 6.07) is 2.73. The zero-order valence-electron chi connectivity index (χ0n) is 14.1. The van der Waals surface area contributed by atoms with Crippen LogP contribution in [0.1, 0.15) is 42.9 Å². The van der Waals surface area contributed by atoms with Gasteiger partial charge in [0.15, 0.2) is 0 Å². The monoisotopic (exact) mass is 380 g/mol. The van der Waals surface area contributed by atoms with Gasteiger partial charge in [-0.1, -0.05) is 12.5 Å². The molecule has 1 aromatic rings. The fourth-order valence-corrected chi connectivity index (χ4v) is 3.15.